The minimum atomic E-state index is -0.537. The Labute approximate surface area is 152 Å². The monoisotopic (exact) mass is 362 g/mol. The summed E-state index contributed by atoms with van der Waals surface area (Å²) in [5.41, 5.74) is 1.76. The van der Waals surface area contributed by atoms with Gasteiger partial charge in [-0.2, -0.15) is 0 Å². The number of urea groups is 1. The highest BCUT2D eigenvalue weighted by atomic mass is 35.5. The van der Waals surface area contributed by atoms with Gasteiger partial charge in [-0.05, 0) is 43.4 Å². The van der Waals surface area contributed by atoms with Crippen molar-refractivity contribution in [1.82, 2.24) is 10.6 Å². The lowest BCUT2D eigenvalue weighted by Gasteiger charge is -2.29. The Hall–Kier alpha value is -2.01. The molecule has 2 aliphatic rings. The van der Waals surface area contributed by atoms with Crippen LogP contribution in [0.4, 0.5) is 4.79 Å². The molecule has 1 aromatic carbocycles. The summed E-state index contributed by atoms with van der Waals surface area (Å²) >= 11 is 5.94. The second-order valence-electron chi connectivity index (χ2n) is 6.72. The first-order chi connectivity index (χ1) is 12.0. The van der Waals surface area contributed by atoms with E-state index in [1.807, 2.05) is 0 Å². The predicted molar refractivity (Wildman–Crippen MR) is 96.1 cm³/mol. The maximum atomic E-state index is 12.7. The fourth-order valence-corrected chi connectivity index (χ4v) is 3.62. The van der Waals surface area contributed by atoms with Crippen LogP contribution in [0.5, 0.6) is 0 Å². The first-order valence-electron chi connectivity index (χ1n) is 8.75. The van der Waals surface area contributed by atoms with Crippen molar-refractivity contribution in [1.29, 1.82) is 0 Å². The SMILES string of the molecule is CC1=C(C(=O)OCC2CCCCC2)[C@@H](c2ccc(Cl)cc2)NC(=O)N1. The van der Waals surface area contributed by atoms with Crippen LogP contribution in [0.15, 0.2) is 35.5 Å². The summed E-state index contributed by atoms with van der Waals surface area (Å²) in [5, 5.41) is 6.06. The average molecular weight is 363 g/mol. The third-order valence-electron chi connectivity index (χ3n) is 4.87. The van der Waals surface area contributed by atoms with Gasteiger partial charge in [-0.3, -0.25) is 0 Å². The van der Waals surface area contributed by atoms with Gasteiger partial charge in [0.25, 0.3) is 0 Å². The van der Waals surface area contributed by atoms with Crippen molar-refractivity contribution in [3.63, 3.8) is 0 Å². The van der Waals surface area contributed by atoms with Crippen molar-refractivity contribution in [3.05, 3.63) is 46.1 Å². The quantitative estimate of drug-likeness (QED) is 0.792. The molecule has 1 aliphatic carbocycles. The van der Waals surface area contributed by atoms with Crippen LogP contribution >= 0.6 is 11.6 Å². The molecule has 0 spiro atoms. The summed E-state index contributed by atoms with van der Waals surface area (Å²) < 4.78 is 5.59. The van der Waals surface area contributed by atoms with E-state index in [-0.39, 0.29) is 12.0 Å². The number of benzene rings is 1. The summed E-state index contributed by atoms with van der Waals surface area (Å²) in [7, 11) is 0. The van der Waals surface area contributed by atoms with Gasteiger partial charge >= 0.3 is 12.0 Å². The van der Waals surface area contributed by atoms with Crippen LogP contribution < -0.4 is 10.6 Å². The lowest BCUT2D eigenvalue weighted by Crippen LogP contribution is -2.45. The van der Waals surface area contributed by atoms with E-state index in [1.165, 1.54) is 19.3 Å². The van der Waals surface area contributed by atoms with Crippen molar-refractivity contribution in [2.75, 3.05) is 6.61 Å². The molecule has 5 nitrogen and oxygen atoms in total. The topological polar surface area (TPSA) is 67.4 Å². The van der Waals surface area contributed by atoms with E-state index in [0.717, 1.165) is 18.4 Å². The zero-order valence-electron chi connectivity index (χ0n) is 14.3. The molecular formula is C19H23ClN2O3. The molecule has 0 saturated heterocycles. The highest BCUT2D eigenvalue weighted by Crippen LogP contribution is 2.29. The molecule has 134 valence electrons. The molecule has 1 aliphatic heterocycles. The summed E-state index contributed by atoms with van der Waals surface area (Å²) in [6.07, 6.45) is 5.90. The molecule has 6 heteroatoms. The number of nitrogens with one attached hydrogen (secondary N) is 2. The van der Waals surface area contributed by atoms with Gasteiger partial charge in [0.05, 0.1) is 18.2 Å². The number of ether oxygens (including phenoxy) is 1. The maximum Gasteiger partial charge on any atom is 0.338 e. The van der Waals surface area contributed by atoms with Gasteiger partial charge < -0.3 is 15.4 Å². The fraction of sp³-hybridized carbons (Fsp3) is 0.474. The minimum absolute atomic E-state index is 0.332. The van der Waals surface area contributed by atoms with E-state index in [0.29, 0.717) is 28.8 Å². The molecule has 2 amide bonds. The highest BCUT2D eigenvalue weighted by molar-refractivity contribution is 6.30. The van der Waals surface area contributed by atoms with Gasteiger partial charge in [0.2, 0.25) is 0 Å². The van der Waals surface area contributed by atoms with Crippen molar-refractivity contribution in [3.8, 4) is 0 Å². The summed E-state index contributed by atoms with van der Waals surface area (Å²) in [6.45, 7) is 2.16. The van der Waals surface area contributed by atoms with Crippen molar-refractivity contribution in [2.24, 2.45) is 5.92 Å². The molecule has 0 radical (unpaired) electrons. The van der Waals surface area contributed by atoms with Crippen LogP contribution in [0.3, 0.4) is 0 Å². The highest BCUT2D eigenvalue weighted by Gasteiger charge is 2.32. The Morgan fingerprint density at radius 2 is 1.88 bits per heavy atom. The average Bonchev–Trinajstić information content (AvgIpc) is 2.60. The molecule has 1 aromatic rings. The van der Waals surface area contributed by atoms with E-state index < -0.39 is 6.04 Å². The Morgan fingerprint density at radius 1 is 1.20 bits per heavy atom. The Kier molecular flexibility index (Phi) is 5.63. The van der Waals surface area contributed by atoms with Crippen LogP contribution in [0, 0.1) is 5.92 Å². The molecule has 1 heterocycles. The standard InChI is InChI=1S/C19H23ClN2O3/c1-12-16(18(23)25-11-13-5-3-2-4-6-13)17(22-19(24)21-12)14-7-9-15(20)10-8-14/h7-10,13,17H,2-6,11H2,1H3,(H2,21,22,24)/t17-/m1/s1. The number of carbonyl (C=O) groups excluding carboxylic acids is 2. The molecule has 0 unspecified atom stereocenters. The number of esters is 1. The molecule has 1 saturated carbocycles. The van der Waals surface area contributed by atoms with Gasteiger partial charge in [-0.25, -0.2) is 9.59 Å². The molecule has 25 heavy (non-hydrogen) atoms. The third-order valence-corrected chi connectivity index (χ3v) is 5.12. The lowest BCUT2D eigenvalue weighted by molar-refractivity contribution is -0.141. The Morgan fingerprint density at radius 3 is 2.56 bits per heavy atom. The van der Waals surface area contributed by atoms with E-state index >= 15 is 0 Å². The van der Waals surface area contributed by atoms with E-state index in [2.05, 4.69) is 10.6 Å². The number of halogens is 1. The van der Waals surface area contributed by atoms with Crippen molar-refractivity contribution >= 4 is 23.6 Å². The number of carbonyl (C=O) groups is 2. The van der Waals surface area contributed by atoms with Gasteiger partial charge in [-0.1, -0.05) is 43.0 Å². The second kappa shape index (κ2) is 7.91. The zero-order chi connectivity index (χ0) is 17.8. The van der Waals surface area contributed by atoms with Gasteiger partial charge in [0, 0.05) is 10.7 Å². The van der Waals surface area contributed by atoms with Crippen LogP contribution in [0.25, 0.3) is 0 Å². The fourth-order valence-electron chi connectivity index (χ4n) is 3.49. The number of hydrogen-bond donors (Lipinski definition) is 2. The normalized spacial score (nSPS) is 21.5. The smallest absolute Gasteiger partial charge is 0.338 e. The van der Waals surface area contributed by atoms with E-state index in [1.54, 1.807) is 31.2 Å². The zero-order valence-corrected chi connectivity index (χ0v) is 15.1. The molecule has 1 atom stereocenters. The van der Waals surface area contributed by atoms with Crippen LogP contribution in [0.2, 0.25) is 5.02 Å². The minimum Gasteiger partial charge on any atom is -0.462 e. The van der Waals surface area contributed by atoms with Gasteiger partial charge in [0.1, 0.15) is 0 Å². The van der Waals surface area contributed by atoms with Crippen LogP contribution in [-0.4, -0.2) is 18.6 Å². The van der Waals surface area contributed by atoms with Gasteiger partial charge in [0.15, 0.2) is 0 Å². The number of allylic oxidation sites excluding steroid dienone is 1. The maximum absolute atomic E-state index is 12.7. The molecule has 0 aromatic heterocycles. The van der Waals surface area contributed by atoms with Gasteiger partial charge in [-0.15, -0.1) is 0 Å². The van der Waals surface area contributed by atoms with Crippen molar-refractivity contribution in [2.45, 2.75) is 45.1 Å². The summed E-state index contributed by atoms with van der Waals surface area (Å²) in [6, 6.07) is 6.23. The third kappa shape index (κ3) is 4.34. The number of rotatable bonds is 4. The molecule has 1 fully saturated rings. The molecule has 0 bridgehead atoms. The summed E-state index contributed by atoms with van der Waals surface area (Å²) in [4.78, 5) is 24.6. The second-order valence-corrected chi connectivity index (χ2v) is 7.16. The molecule has 2 N–H and O–H groups in total. The van der Waals surface area contributed by atoms with Crippen LogP contribution in [0.1, 0.15) is 50.6 Å². The molecular weight excluding hydrogens is 340 g/mol. The Bertz CT molecular complexity index is 678. The van der Waals surface area contributed by atoms with Crippen molar-refractivity contribution < 1.29 is 14.3 Å². The first kappa shape index (κ1) is 17.8. The lowest BCUT2D eigenvalue weighted by atomic mass is 9.90. The van der Waals surface area contributed by atoms with Crippen LogP contribution in [-0.2, 0) is 9.53 Å². The Balaban J connectivity index is 1.76. The van der Waals surface area contributed by atoms with E-state index in [4.69, 9.17) is 16.3 Å². The number of hydrogen-bond acceptors (Lipinski definition) is 3. The number of amides is 2. The van der Waals surface area contributed by atoms with E-state index in [9.17, 15) is 9.59 Å². The largest absolute Gasteiger partial charge is 0.462 e. The first-order valence-corrected chi connectivity index (χ1v) is 9.13. The predicted octanol–water partition coefficient (Wildman–Crippen LogP) is 4.09. The molecule has 3 rings (SSSR count). The summed E-state index contributed by atoms with van der Waals surface area (Å²) in [5.74, 6) is 0.0641.